The molecule has 1 aliphatic carbocycles. The van der Waals surface area contributed by atoms with E-state index >= 15 is 0 Å². The zero-order valence-corrected chi connectivity index (χ0v) is 37.5. The van der Waals surface area contributed by atoms with Crippen molar-refractivity contribution in [3.05, 3.63) is 226 Å². The molecule has 9 rings (SSSR count). The van der Waals surface area contributed by atoms with E-state index in [1.54, 1.807) is 28.4 Å². The van der Waals surface area contributed by atoms with Crippen LogP contribution < -0.4 is 50.8 Å². The summed E-state index contributed by atoms with van der Waals surface area (Å²) in [4.78, 5) is 0. The van der Waals surface area contributed by atoms with Crippen LogP contribution in [-0.4, -0.2) is 28.4 Å². The molecule has 0 unspecified atom stereocenters. The van der Waals surface area contributed by atoms with Crippen molar-refractivity contribution in [3.63, 3.8) is 0 Å². The van der Waals surface area contributed by atoms with E-state index in [2.05, 4.69) is 182 Å². The summed E-state index contributed by atoms with van der Waals surface area (Å²) in [5, 5.41) is 7.75. The Hall–Kier alpha value is -6.18. The minimum absolute atomic E-state index is 0.626. The van der Waals surface area contributed by atoms with Gasteiger partial charge in [0, 0.05) is 25.7 Å². The van der Waals surface area contributed by atoms with Gasteiger partial charge in [-0.3, -0.25) is 0 Å². The molecule has 0 heterocycles. The standard InChI is InChI=1S/C56H50O4P2/c1-57-53-39-19-17-20-40(53)32-44-36-52(62(49-27-13-7-14-28-49)50-29-15-8-16-30-50)38-46(56(44)60-4)34-42-22-18-21-41(54(42)58-2)33-45-37-51(35-43(31-39)55(45)59-3)61(47-23-9-5-10-24-47)48-25-11-6-12-26-48/h5-30,35-38H,31-34H2,1-4H3. The third kappa shape index (κ3) is 8.38. The maximum Gasteiger partial charge on any atom is 0.125 e. The molecule has 8 bridgehead atoms. The highest BCUT2D eigenvalue weighted by Crippen LogP contribution is 2.42. The lowest BCUT2D eigenvalue weighted by Gasteiger charge is -2.25. The molecular formula is C56H50O4P2. The number of para-hydroxylation sites is 2. The first-order chi connectivity index (χ1) is 30.6. The molecule has 0 spiro atoms. The van der Waals surface area contributed by atoms with Crippen molar-refractivity contribution in [2.75, 3.05) is 28.4 Å². The van der Waals surface area contributed by atoms with Gasteiger partial charge in [-0.2, -0.15) is 0 Å². The molecule has 0 atom stereocenters. The molecule has 62 heavy (non-hydrogen) atoms. The topological polar surface area (TPSA) is 36.9 Å². The van der Waals surface area contributed by atoms with Crippen LogP contribution in [0.25, 0.3) is 0 Å². The summed E-state index contributed by atoms with van der Waals surface area (Å²) < 4.78 is 25.7. The van der Waals surface area contributed by atoms with Gasteiger partial charge in [-0.25, -0.2) is 0 Å². The van der Waals surface area contributed by atoms with Crippen LogP contribution in [0.2, 0.25) is 0 Å². The van der Waals surface area contributed by atoms with Gasteiger partial charge in [-0.15, -0.1) is 0 Å². The number of hydrogen-bond donors (Lipinski definition) is 0. The first kappa shape index (κ1) is 41.2. The summed E-state index contributed by atoms with van der Waals surface area (Å²) in [6, 6.07) is 66.3. The van der Waals surface area contributed by atoms with E-state index in [4.69, 9.17) is 18.9 Å². The summed E-state index contributed by atoms with van der Waals surface area (Å²) >= 11 is 0. The van der Waals surface area contributed by atoms with Crippen molar-refractivity contribution in [1.82, 2.24) is 0 Å². The van der Waals surface area contributed by atoms with Gasteiger partial charge in [0.2, 0.25) is 0 Å². The fourth-order valence-electron chi connectivity index (χ4n) is 9.16. The maximum absolute atomic E-state index is 6.44. The predicted octanol–water partition coefficient (Wildman–Crippen LogP) is 9.91. The minimum Gasteiger partial charge on any atom is -0.496 e. The molecule has 8 aromatic carbocycles. The second-order valence-electron chi connectivity index (χ2n) is 15.5. The Morgan fingerprint density at radius 3 is 0.710 bits per heavy atom. The summed E-state index contributed by atoms with van der Waals surface area (Å²) in [6.45, 7) is 0. The van der Waals surface area contributed by atoms with Crippen LogP contribution in [0.3, 0.4) is 0 Å². The van der Waals surface area contributed by atoms with Gasteiger partial charge in [0.15, 0.2) is 0 Å². The van der Waals surface area contributed by atoms with Crippen LogP contribution >= 0.6 is 15.8 Å². The Morgan fingerprint density at radius 1 is 0.258 bits per heavy atom. The van der Waals surface area contributed by atoms with Crippen molar-refractivity contribution >= 4 is 47.7 Å². The normalized spacial score (nSPS) is 12.2. The van der Waals surface area contributed by atoms with Crippen molar-refractivity contribution < 1.29 is 18.9 Å². The average Bonchev–Trinajstić information content (AvgIpc) is 3.31. The molecule has 6 heteroatoms. The summed E-state index contributed by atoms with van der Waals surface area (Å²) in [5.74, 6) is 3.56. The first-order valence-corrected chi connectivity index (χ1v) is 23.7. The summed E-state index contributed by atoms with van der Waals surface area (Å²) in [6.07, 6.45) is 2.50. The van der Waals surface area contributed by atoms with E-state index < -0.39 is 15.8 Å². The van der Waals surface area contributed by atoms with Gasteiger partial charge in [0.05, 0.1) is 28.4 Å². The lowest BCUT2D eigenvalue weighted by molar-refractivity contribution is 0.396. The second kappa shape index (κ2) is 18.8. The highest BCUT2D eigenvalue weighted by molar-refractivity contribution is 7.80. The molecule has 1 aliphatic rings. The molecule has 0 amide bonds. The summed E-state index contributed by atoms with van der Waals surface area (Å²) in [5.41, 5.74) is 8.90. The molecule has 0 saturated heterocycles. The average molecular weight is 849 g/mol. The minimum atomic E-state index is -0.888. The molecule has 0 saturated carbocycles. The number of hydrogen-bond acceptors (Lipinski definition) is 4. The fraction of sp³-hybridized carbons (Fsp3) is 0.143. The third-order valence-electron chi connectivity index (χ3n) is 11.7. The Morgan fingerprint density at radius 2 is 0.484 bits per heavy atom. The Balaban J connectivity index is 1.28. The molecule has 0 N–H and O–H groups in total. The van der Waals surface area contributed by atoms with Gasteiger partial charge < -0.3 is 18.9 Å². The van der Waals surface area contributed by atoms with Crippen LogP contribution in [0, 0.1) is 0 Å². The van der Waals surface area contributed by atoms with Crippen LogP contribution in [0.5, 0.6) is 23.0 Å². The van der Waals surface area contributed by atoms with Crippen LogP contribution in [0.4, 0.5) is 0 Å². The van der Waals surface area contributed by atoms with E-state index in [9.17, 15) is 0 Å². The smallest absolute Gasteiger partial charge is 0.125 e. The van der Waals surface area contributed by atoms with E-state index in [0.717, 1.165) is 67.5 Å². The Bertz CT molecular complexity index is 2430. The van der Waals surface area contributed by atoms with Gasteiger partial charge >= 0.3 is 0 Å². The van der Waals surface area contributed by atoms with Gasteiger partial charge in [-0.05, 0) is 116 Å². The van der Waals surface area contributed by atoms with Crippen LogP contribution in [0.15, 0.2) is 182 Å². The van der Waals surface area contributed by atoms with Gasteiger partial charge in [-0.1, -0.05) is 158 Å². The third-order valence-corrected chi connectivity index (χ3v) is 16.5. The molecule has 0 aromatic heterocycles. The number of fused-ring (bicyclic) bond motifs is 8. The molecule has 0 radical (unpaired) electrons. The largest absolute Gasteiger partial charge is 0.496 e. The first-order valence-electron chi connectivity index (χ1n) is 21.1. The number of rotatable bonds is 10. The highest BCUT2D eigenvalue weighted by atomic mass is 31.1. The maximum atomic E-state index is 6.44. The zero-order chi connectivity index (χ0) is 42.4. The van der Waals surface area contributed by atoms with Crippen molar-refractivity contribution in [2.45, 2.75) is 25.7 Å². The van der Waals surface area contributed by atoms with Crippen LogP contribution in [-0.2, 0) is 25.7 Å². The number of benzene rings is 8. The van der Waals surface area contributed by atoms with Crippen molar-refractivity contribution in [3.8, 4) is 23.0 Å². The lowest BCUT2D eigenvalue weighted by Crippen LogP contribution is -2.22. The zero-order valence-electron chi connectivity index (χ0n) is 35.7. The molecular weight excluding hydrogens is 799 g/mol. The Kier molecular flexibility index (Phi) is 12.5. The van der Waals surface area contributed by atoms with Gasteiger partial charge in [0.1, 0.15) is 23.0 Å². The highest BCUT2D eigenvalue weighted by Gasteiger charge is 2.26. The van der Waals surface area contributed by atoms with Crippen LogP contribution in [0.1, 0.15) is 44.5 Å². The van der Waals surface area contributed by atoms with Crippen molar-refractivity contribution in [1.29, 1.82) is 0 Å². The monoisotopic (exact) mass is 848 g/mol. The van der Waals surface area contributed by atoms with Crippen molar-refractivity contribution in [2.24, 2.45) is 0 Å². The number of ether oxygens (including phenoxy) is 4. The molecule has 0 fully saturated rings. The molecule has 308 valence electrons. The quantitative estimate of drug-likeness (QED) is 0.129. The Labute approximate surface area is 368 Å². The predicted molar refractivity (Wildman–Crippen MR) is 261 cm³/mol. The van der Waals surface area contributed by atoms with E-state index in [0.29, 0.717) is 25.7 Å². The molecule has 4 nitrogen and oxygen atoms in total. The fourth-order valence-corrected chi connectivity index (χ4v) is 14.0. The summed E-state index contributed by atoms with van der Waals surface area (Å²) in [7, 11) is 5.42. The second-order valence-corrected chi connectivity index (χ2v) is 20.0. The molecule has 8 aromatic rings. The van der Waals surface area contributed by atoms with E-state index in [1.807, 2.05) is 0 Å². The SMILES string of the molecule is COc1c2cccc1Cc1cc(P(c3ccccc3)c3ccccc3)cc(c1OC)Cc1cccc(c1OC)Cc1cc(P(c3ccccc3)c3ccccc3)cc(c1OC)C2. The number of methoxy groups -OCH3 is 4. The van der Waals surface area contributed by atoms with E-state index in [1.165, 1.54) is 31.8 Å². The van der Waals surface area contributed by atoms with E-state index in [-0.39, 0.29) is 0 Å². The molecule has 0 aliphatic heterocycles. The van der Waals surface area contributed by atoms with Gasteiger partial charge in [0.25, 0.3) is 0 Å². The lowest BCUT2D eigenvalue weighted by atomic mass is 9.91.